The Labute approximate surface area is 148 Å². The zero-order valence-corrected chi connectivity index (χ0v) is 15.4. The number of carbonyl (C=O) groups is 1. The van der Waals surface area contributed by atoms with Gasteiger partial charge in [0.1, 0.15) is 12.4 Å². The minimum absolute atomic E-state index is 0.0552. The van der Waals surface area contributed by atoms with E-state index in [1.165, 1.54) is 16.7 Å². The topological polar surface area (TPSA) is 38.3 Å². The lowest BCUT2D eigenvalue weighted by molar-refractivity contribution is -0.120. The van der Waals surface area contributed by atoms with Crippen molar-refractivity contribution >= 4 is 17.7 Å². The average molecular weight is 343 g/mol. The molecule has 0 aliphatic heterocycles. The molecule has 2 rings (SSSR count). The van der Waals surface area contributed by atoms with E-state index in [0.717, 1.165) is 11.5 Å². The first-order valence-corrected chi connectivity index (χ1v) is 9.24. The fraction of sp³-hybridized carbons (Fsp3) is 0.350. The van der Waals surface area contributed by atoms with E-state index in [1.807, 2.05) is 43.3 Å². The number of hydrogen-bond acceptors (Lipinski definition) is 3. The molecule has 2 aromatic carbocycles. The van der Waals surface area contributed by atoms with Gasteiger partial charge in [-0.25, -0.2) is 0 Å². The first-order chi connectivity index (χ1) is 11.6. The van der Waals surface area contributed by atoms with Crippen molar-refractivity contribution in [3.63, 3.8) is 0 Å². The molecule has 128 valence electrons. The monoisotopic (exact) mass is 343 g/mol. The Morgan fingerprint density at radius 3 is 2.58 bits per heavy atom. The second-order valence-corrected chi connectivity index (χ2v) is 7.15. The molecule has 0 aliphatic carbocycles. The molecule has 0 radical (unpaired) electrons. The molecule has 0 spiro atoms. The third-order valence-electron chi connectivity index (χ3n) is 3.86. The van der Waals surface area contributed by atoms with Crippen LogP contribution in [0.1, 0.15) is 23.6 Å². The van der Waals surface area contributed by atoms with Crippen LogP contribution < -0.4 is 10.1 Å². The van der Waals surface area contributed by atoms with Crippen LogP contribution in [0.15, 0.2) is 48.5 Å². The van der Waals surface area contributed by atoms with Gasteiger partial charge in [0.15, 0.2) is 0 Å². The summed E-state index contributed by atoms with van der Waals surface area (Å²) >= 11 is 1.64. The summed E-state index contributed by atoms with van der Waals surface area (Å²) in [5, 5.41) is 2.85. The highest BCUT2D eigenvalue weighted by Gasteiger charge is 2.12. The second kappa shape index (κ2) is 9.38. The minimum atomic E-state index is -0.0770. The van der Waals surface area contributed by atoms with E-state index in [0.29, 0.717) is 13.2 Å². The number of amides is 1. The van der Waals surface area contributed by atoms with Crippen LogP contribution in [0.4, 0.5) is 0 Å². The summed E-state index contributed by atoms with van der Waals surface area (Å²) in [6, 6.07) is 16.2. The van der Waals surface area contributed by atoms with Gasteiger partial charge >= 0.3 is 0 Å². The Morgan fingerprint density at radius 1 is 1.12 bits per heavy atom. The molecule has 1 amide bonds. The molecule has 3 nitrogen and oxygen atoms in total. The summed E-state index contributed by atoms with van der Waals surface area (Å²) < 4.78 is 5.68. The summed E-state index contributed by atoms with van der Waals surface area (Å²) in [6.45, 7) is 7.07. The fourth-order valence-corrected chi connectivity index (χ4v) is 3.03. The average Bonchev–Trinajstić information content (AvgIpc) is 2.60. The predicted molar refractivity (Wildman–Crippen MR) is 102 cm³/mol. The smallest absolute Gasteiger partial charge is 0.232 e. The normalized spacial score (nSPS) is 11.8. The number of rotatable bonds is 8. The van der Waals surface area contributed by atoms with Gasteiger partial charge < -0.3 is 10.1 Å². The lowest BCUT2D eigenvalue weighted by atomic mass is 10.1. The van der Waals surface area contributed by atoms with E-state index in [2.05, 4.69) is 31.3 Å². The number of aryl methyl sites for hydroxylation is 2. The van der Waals surface area contributed by atoms with E-state index in [4.69, 9.17) is 4.74 Å². The van der Waals surface area contributed by atoms with E-state index in [1.54, 1.807) is 11.8 Å². The molecule has 4 heteroatoms. The highest BCUT2D eigenvalue weighted by molar-refractivity contribution is 7.99. The lowest BCUT2D eigenvalue weighted by Crippen LogP contribution is -2.34. The van der Waals surface area contributed by atoms with Crippen molar-refractivity contribution in [3.8, 4) is 5.75 Å². The van der Waals surface area contributed by atoms with Gasteiger partial charge in [0, 0.05) is 5.75 Å². The minimum Gasteiger partial charge on any atom is -0.492 e. The molecule has 0 unspecified atom stereocenters. The van der Waals surface area contributed by atoms with Crippen molar-refractivity contribution in [1.82, 2.24) is 5.32 Å². The van der Waals surface area contributed by atoms with E-state index < -0.39 is 0 Å². The third kappa shape index (κ3) is 5.93. The van der Waals surface area contributed by atoms with Crippen molar-refractivity contribution in [3.05, 3.63) is 65.2 Å². The fourth-order valence-electron chi connectivity index (χ4n) is 2.16. The molecular formula is C20H25NO2S. The van der Waals surface area contributed by atoms with E-state index >= 15 is 0 Å². The molecule has 0 bridgehead atoms. The van der Waals surface area contributed by atoms with Gasteiger partial charge in [-0.3, -0.25) is 4.79 Å². The van der Waals surface area contributed by atoms with Crippen LogP contribution in [-0.4, -0.2) is 24.3 Å². The number of nitrogens with one attached hydrogen (secondary N) is 1. The van der Waals surface area contributed by atoms with Crippen LogP contribution >= 0.6 is 11.8 Å². The van der Waals surface area contributed by atoms with Crippen LogP contribution in [-0.2, 0) is 10.5 Å². The Hall–Kier alpha value is -1.94. The third-order valence-corrected chi connectivity index (χ3v) is 5.07. The Bertz CT molecular complexity index is 658. The lowest BCUT2D eigenvalue weighted by Gasteiger charge is -2.13. The number of carbonyl (C=O) groups excluding carboxylic acids is 1. The van der Waals surface area contributed by atoms with Gasteiger partial charge in [0.05, 0.1) is 11.8 Å². The summed E-state index contributed by atoms with van der Waals surface area (Å²) in [4.78, 5) is 12.1. The molecule has 0 aromatic heterocycles. The maximum absolute atomic E-state index is 12.1. The molecule has 0 saturated carbocycles. The highest BCUT2D eigenvalue weighted by atomic mass is 32.2. The molecule has 1 atom stereocenters. The van der Waals surface area contributed by atoms with Crippen molar-refractivity contribution in [2.75, 3.05) is 13.2 Å². The number of hydrogen-bond donors (Lipinski definition) is 1. The van der Waals surface area contributed by atoms with Gasteiger partial charge in [-0.15, -0.1) is 11.8 Å². The first kappa shape index (κ1) is 18.4. The Morgan fingerprint density at radius 2 is 1.88 bits per heavy atom. The van der Waals surface area contributed by atoms with Gasteiger partial charge in [0.25, 0.3) is 0 Å². The number of ether oxygens (including phenoxy) is 1. The summed E-state index contributed by atoms with van der Waals surface area (Å²) in [6.07, 6.45) is 0. The van der Waals surface area contributed by atoms with Gasteiger partial charge in [-0.05, 0) is 49.6 Å². The first-order valence-electron chi connectivity index (χ1n) is 8.19. The highest BCUT2D eigenvalue weighted by Crippen LogP contribution is 2.18. The van der Waals surface area contributed by atoms with Crippen LogP contribution in [0.25, 0.3) is 0 Å². The Kier molecular flexibility index (Phi) is 7.19. The summed E-state index contributed by atoms with van der Waals surface area (Å²) in [5.74, 6) is 1.74. The zero-order chi connectivity index (χ0) is 17.4. The van der Waals surface area contributed by atoms with E-state index in [9.17, 15) is 4.79 Å². The van der Waals surface area contributed by atoms with Crippen LogP contribution in [0.5, 0.6) is 5.75 Å². The van der Waals surface area contributed by atoms with Crippen molar-refractivity contribution in [1.29, 1.82) is 0 Å². The quantitative estimate of drug-likeness (QED) is 0.733. The van der Waals surface area contributed by atoms with Crippen molar-refractivity contribution in [2.45, 2.75) is 31.8 Å². The second-order valence-electron chi connectivity index (χ2n) is 5.82. The maximum Gasteiger partial charge on any atom is 0.232 e. The van der Waals surface area contributed by atoms with Crippen LogP contribution in [0, 0.1) is 13.8 Å². The summed E-state index contributed by atoms with van der Waals surface area (Å²) in [5.41, 5.74) is 3.70. The van der Waals surface area contributed by atoms with Gasteiger partial charge in [-0.1, -0.05) is 36.4 Å². The standard InChI is InChI=1S/C20H25NO2S/c1-15-9-10-19(13-16(15)2)23-12-11-21-20(22)17(3)24-14-18-7-5-4-6-8-18/h4-10,13,17H,11-12,14H2,1-3H3,(H,21,22)/t17-/m1/s1. The van der Waals surface area contributed by atoms with Crippen molar-refractivity contribution < 1.29 is 9.53 Å². The molecule has 24 heavy (non-hydrogen) atoms. The summed E-state index contributed by atoms with van der Waals surface area (Å²) in [7, 11) is 0. The number of benzene rings is 2. The van der Waals surface area contributed by atoms with Crippen LogP contribution in [0.3, 0.4) is 0 Å². The zero-order valence-electron chi connectivity index (χ0n) is 14.5. The molecule has 2 aromatic rings. The maximum atomic E-state index is 12.1. The molecule has 1 N–H and O–H groups in total. The van der Waals surface area contributed by atoms with Crippen LogP contribution in [0.2, 0.25) is 0 Å². The van der Waals surface area contributed by atoms with E-state index in [-0.39, 0.29) is 11.2 Å². The van der Waals surface area contributed by atoms with Gasteiger partial charge in [-0.2, -0.15) is 0 Å². The molecule has 0 fully saturated rings. The molecule has 0 saturated heterocycles. The number of thioether (sulfide) groups is 1. The Balaban J connectivity index is 1.66. The molecule has 0 aliphatic rings. The van der Waals surface area contributed by atoms with Crippen molar-refractivity contribution in [2.24, 2.45) is 0 Å². The van der Waals surface area contributed by atoms with Gasteiger partial charge in [0.2, 0.25) is 5.91 Å². The largest absolute Gasteiger partial charge is 0.492 e. The molecular weight excluding hydrogens is 318 g/mol. The molecule has 0 heterocycles. The SMILES string of the molecule is Cc1ccc(OCCNC(=O)[C@@H](C)SCc2ccccc2)cc1C. The predicted octanol–water partition coefficient (Wildman–Crippen LogP) is 4.12.